The Balaban J connectivity index is 1.77. The summed E-state index contributed by atoms with van der Waals surface area (Å²) in [6, 6.07) is 0. The van der Waals surface area contributed by atoms with Crippen molar-refractivity contribution in [1.29, 1.82) is 0 Å². The monoisotopic (exact) mass is 248 g/mol. The van der Waals surface area contributed by atoms with Crippen LogP contribution in [0.1, 0.15) is 84.5 Å². The summed E-state index contributed by atoms with van der Waals surface area (Å²) in [5.74, 6) is 4.53. The van der Waals surface area contributed by atoms with E-state index in [2.05, 4.69) is 13.8 Å². The van der Waals surface area contributed by atoms with E-state index in [4.69, 9.17) is 0 Å². The zero-order valence-electron chi connectivity index (χ0n) is 12.6. The van der Waals surface area contributed by atoms with Crippen molar-refractivity contribution in [3.63, 3.8) is 0 Å². The molecular formula is C18H32. The number of rotatable bonds is 6. The molecule has 104 valence electrons. The highest BCUT2D eigenvalue weighted by molar-refractivity contribution is 5.05. The molecule has 3 atom stereocenters. The van der Waals surface area contributed by atoms with Crippen molar-refractivity contribution in [2.24, 2.45) is 29.1 Å². The van der Waals surface area contributed by atoms with Gasteiger partial charge in [0, 0.05) is 0 Å². The van der Waals surface area contributed by atoms with Crippen LogP contribution in [0.5, 0.6) is 0 Å². The van der Waals surface area contributed by atoms with Crippen molar-refractivity contribution in [2.45, 2.75) is 84.5 Å². The Kier molecular flexibility index (Phi) is 3.74. The zero-order valence-corrected chi connectivity index (χ0v) is 12.6. The highest BCUT2D eigenvalue weighted by atomic mass is 14.6. The molecule has 0 nitrogen and oxygen atoms in total. The van der Waals surface area contributed by atoms with Gasteiger partial charge in [0.05, 0.1) is 0 Å². The second kappa shape index (κ2) is 5.17. The van der Waals surface area contributed by atoms with Crippen LogP contribution in [-0.2, 0) is 0 Å². The molecule has 0 saturated heterocycles. The minimum atomic E-state index is 0.819. The van der Waals surface area contributed by atoms with E-state index in [1.807, 2.05) is 0 Å². The Morgan fingerprint density at radius 1 is 0.889 bits per heavy atom. The standard InChI is InChI=1S/C18H32/c1-3-5-7-17-16-10-14-9-15(11-16)13-18(17,12-14)8-6-4-2/h14-17H,3-13H2,1-2H3. The molecule has 0 aromatic heterocycles. The van der Waals surface area contributed by atoms with Crippen LogP contribution in [0.3, 0.4) is 0 Å². The summed E-state index contributed by atoms with van der Waals surface area (Å²) in [5, 5.41) is 0. The molecule has 0 aliphatic heterocycles. The average molecular weight is 248 g/mol. The third-order valence-corrected chi connectivity index (χ3v) is 6.58. The van der Waals surface area contributed by atoms with E-state index in [1.165, 1.54) is 25.7 Å². The lowest BCUT2D eigenvalue weighted by molar-refractivity contribution is -0.117. The lowest BCUT2D eigenvalue weighted by atomic mass is 9.43. The fourth-order valence-electron chi connectivity index (χ4n) is 6.20. The molecule has 0 aromatic rings. The Hall–Kier alpha value is 0. The lowest BCUT2D eigenvalue weighted by Gasteiger charge is -2.62. The molecule has 4 aliphatic carbocycles. The van der Waals surface area contributed by atoms with Crippen LogP contribution in [0.15, 0.2) is 0 Å². The van der Waals surface area contributed by atoms with Crippen molar-refractivity contribution in [1.82, 2.24) is 0 Å². The van der Waals surface area contributed by atoms with Crippen molar-refractivity contribution in [3.05, 3.63) is 0 Å². The van der Waals surface area contributed by atoms with Gasteiger partial charge in [-0.1, -0.05) is 39.5 Å². The third-order valence-electron chi connectivity index (χ3n) is 6.58. The van der Waals surface area contributed by atoms with Gasteiger partial charge in [0.1, 0.15) is 0 Å². The van der Waals surface area contributed by atoms with Gasteiger partial charge in [-0.05, 0) is 74.0 Å². The molecule has 0 spiro atoms. The van der Waals surface area contributed by atoms with E-state index in [0.717, 1.165) is 29.1 Å². The largest absolute Gasteiger partial charge is 0.0654 e. The summed E-state index contributed by atoms with van der Waals surface area (Å²) >= 11 is 0. The van der Waals surface area contributed by atoms with Crippen LogP contribution in [0, 0.1) is 29.1 Å². The van der Waals surface area contributed by atoms with Gasteiger partial charge in [-0.25, -0.2) is 0 Å². The lowest BCUT2D eigenvalue weighted by Crippen LogP contribution is -2.52. The zero-order chi connectivity index (χ0) is 12.6. The van der Waals surface area contributed by atoms with Gasteiger partial charge in [-0.15, -0.1) is 0 Å². The average Bonchev–Trinajstić information content (AvgIpc) is 2.35. The van der Waals surface area contributed by atoms with Gasteiger partial charge in [0.15, 0.2) is 0 Å². The van der Waals surface area contributed by atoms with Crippen molar-refractivity contribution in [2.75, 3.05) is 0 Å². The van der Waals surface area contributed by atoms with Crippen LogP contribution in [0.2, 0.25) is 0 Å². The fourth-order valence-corrected chi connectivity index (χ4v) is 6.20. The topological polar surface area (TPSA) is 0 Å². The van der Waals surface area contributed by atoms with Gasteiger partial charge < -0.3 is 0 Å². The minimum Gasteiger partial charge on any atom is -0.0654 e. The number of hydrogen-bond donors (Lipinski definition) is 0. The molecule has 18 heavy (non-hydrogen) atoms. The molecule has 4 fully saturated rings. The maximum absolute atomic E-state index is 2.38. The molecule has 0 amide bonds. The molecule has 3 unspecified atom stereocenters. The second-order valence-corrected chi connectivity index (χ2v) is 7.82. The predicted molar refractivity (Wildman–Crippen MR) is 78.5 cm³/mol. The van der Waals surface area contributed by atoms with E-state index in [1.54, 1.807) is 44.9 Å². The smallest absolute Gasteiger partial charge is 0.0261 e. The first-order valence-electron chi connectivity index (χ1n) is 8.77. The third kappa shape index (κ3) is 2.14. The van der Waals surface area contributed by atoms with E-state index < -0.39 is 0 Å². The molecule has 4 bridgehead atoms. The first-order chi connectivity index (χ1) is 8.77. The summed E-state index contributed by atoms with van der Waals surface area (Å²) in [6.45, 7) is 4.75. The highest BCUT2D eigenvalue weighted by Crippen LogP contribution is 2.65. The first-order valence-corrected chi connectivity index (χ1v) is 8.77. The van der Waals surface area contributed by atoms with E-state index in [-0.39, 0.29) is 0 Å². The highest BCUT2D eigenvalue weighted by Gasteiger charge is 2.55. The normalized spacial score (nSPS) is 45.7. The Bertz CT molecular complexity index is 266. The van der Waals surface area contributed by atoms with Gasteiger partial charge >= 0.3 is 0 Å². The van der Waals surface area contributed by atoms with Crippen LogP contribution >= 0.6 is 0 Å². The minimum absolute atomic E-state index is 0.819. The maximum Gasteiger partial charge on any atom is -0.0261 e. The van der Waals surface area contributed by atoms with E-state index >= 15 is 0 Å². The number of unbranched alkanes of at least 4 members (excludes halogenated alkanes) is 2. The van der Waals surface area contributed by atoms with Crippen molar-refractivity contribution >= 4 is 0 Å². The molecule has 4 saturated carbocycles. The van der Waals surface area contributed by atoms with Crippen LogP contribution < -0.4 is 0 Å². The van der Waals surface area contributed by atoms with E-state index in [0.29, 0.717) is 0 Å². The maximum atomic E-state index is 2.38. The summed E-state index contributed by atoms with van der Waals surface area (Å²) in [5.41, 5.74) is 0.819. The second-order valence-electron chi connectivity index (χ2n) is 7.82. The molecule has 0 heterocycles. The van der Waals surface area contributed by atoms with Crippen molar-refractivity contribution < 1.29 is 0 Å². The predicted octanol–water partition coefficient (Wildman–Crippen LogP) is 5.81. The Labute approximate surface area is 114 Å². The number of hydrogen-bond acceptors (Lipinski definition) is 0. The van der Waals surface area contributed by atoms with Crippen LogP contribution in [0.4, 0.5) is 0 Å². The molecule has 0 aromatic carbocycles. The molecule has 0 heteroatoms. The van der Waals surface area contributed by atoms with E-state index in [9.17, 15) is 0 Å². The van der Waals surface area contributed by atoms with Crippen LogP contribution in [-0.4, -0.2) is 0 Å². The Morgan fingerprint density at radius 2 is 1.56 bits per heavy atom. The summed E-state index contributed by atoms with van der Waals surface area (Å²) in [7, 11) is 0. The van der Waals surface area contributed by atoms with Gasteiger partial charge in [0.25, 0.3) is 0 Å². The summed E-state index contributed by atoms with van der Waals surface area (Å²) in [4.78, 5) is 0. The van der Waals surface area contributed by atoms with Gasteiger partial charge in [-0.3, -0.25) is 0 Å². The first kappa shape index (κ1) is 13.0. The van der Waals surface area contributed by atoms with Crippen LogP contribution in [0.25, 0.3) is 0 Å². The summed E-state index contributed by atoms with van der Waals surface area (Å²) < 4.78 is 0. The molecule has 0 N–H and O–H groups in total. The molecular weight excluding hydrogens is 216 g/mol. The molecule has 4 aliphatic rings. The van der Waals surface area contributed by atoms with Gasteiger partial charge in [-0.2, -0.15) is 0 Å². The van der Waals surface area contributed by atoms with Crippen molar-refractivity contribution in [3.8, 4) is 0 Å². The molecule has 0 radical (unpaired) electrons. The van der Waals surface area contributed by atoms with Gasteiger partial charge in [0.2, 0.25) is 0 Å². The fraction of sp³-hybridized carbons (Fsp3) is 1.00. The molecule has 4 rings (SSSR count). The quantitative estimate of drug-likeness (QED) is 0.556. The Morgan fingerprint density at radius 3 is 2.17 bits per heavy atom. The summed E-state index contributed by atoms with van der Waals surface area (Å²) in [6.07, 6.45) is 17.0. The SMILES string of the molecule is CCCCC1C2CC3CC(C2)CC1(CCCC)C3.